The smallest absolute Gasteiger partial charge is 0.351 e. The normalized spacial score (nSPS) is 22.3. The zero-order valence-corrected chi connectivity index (χ0v) is 21.1. The first kappa shape index (κ1) is 26.1. The predicted octanol–water partition coefficient (Wildman–Crippen LogP) is 0.738. The van der Waals surface area contributed by atoms with Crippen molar-refractivity contribution in [3.63, 3.8) is 0 Å². The third kappa shape index (κ3) is 6.52. The van der Waals surface area contributed by atoms with Gasteiger partial charge in [0.15, 0.2) is 12.3 Å². The number of hydrogen-bond donors (Lipinski definition) is 1. The molecule has 3 rings (SSSR count). The molecule has 2 N–H and O–H groups in total. The van der Waals surface area contributed by atoms with Crippen LogP contribution in [0.15, 0.2) is 41.3 Å². The summed E-state index contributed by atoms with van der Waals surface area (Å²) < 4.78 is 48.7. The topological polar surface area (TPSA) is 166 Å². The summed E-state index contributed by atoms with van der Waals surface area (Å²) in [5.74, 6) is -1.91. The van der Waals surface area contributed by atoms with E-state index in [4.69, 9.17) is 24.1 Å². The summed E-state index contributed by atoms with van der Waals surface area (Å²) in [7, 11) is -4.23. The Morgan fingerprint density at radius 3 is 2.47 bits per heavy atom. The van der Waals surface area contributed by atoms with Crippen LogP contribution in [0.25, 0.3) is 0 Å². The number of nitrogen functional groups attached to an aromatic ring is 1. The van der Waals surface area contributed by atoms with E-state index in [1.807, 2.05) is 22.6 Å². The molecule has 2 heterocycles. The van der Waals surface area contributed by atoms with Crippen LogP contribution >= 0.6 is 22.6 Å². The molecule has 0 spiro atoms. The van der Waals surface area contributed by atoms with Crippen molar-refractivity contribution >= 4 is 50.5 Å². The highest BCUT2D eigenvalue weighted by Gasteiger charge is 2.51. The monoisotopic (exact) mass is 607 g/mol. The second-order valence-electron chi connectivity index (χ2n) is 7.35. The van der Waals surface area contributed by atoms with Gasteiger partial charge in [-0.15, -0.1) is 0 Å². The maximum Gasteiger partial charge on any atom is 0.351 e. The average Bonchev–Trinajstić information content (AvgIpc) is 3.05. The van der Waals surface area contributed by atoms with Gasteiger partial charge < -0.3 is 19.9 Å². The van der Waals surface area contributed by atoms with Crippen LogP contribution in [0.1, 0.15) is 25.6 Å². The number of ether oxygens (including phenoxy) is 3. The van der Waals surface area contributed by atoms with E-state index in [1.54, 1.807) is 30.3 Å². The van der Waals surface area contributed by atoms with Crippen LogP contribution in [0.5, 0.6) is 0 Å². The molecule has 0 unspecified atom stereocenters. The Bertz CT molecular complexity index is 1220. The van der Waals surface area contributed by atoms with E-state index < -0.39 is 64.6 Å². The molecule has 2 aromatic rings. The van der Waals surface area contributed by atoms with Crippen LogP contribution in [0, 0.1) is 3.57 Å². The summed E-state index contributed by atoms with van der Waals surface area (Å²) in [4.78, 5) is 39.5. The minimum absolute atomic E-state index is 0.0152. The van der Waals surface area contributed by atoms with Gasteiger partial charge in [-0.05, 0) is 28.2 Å². The number of carbonyl (C=O) groups is 2. The van der Waals surface area contributed by atoms with Crippen molar-refractivity contribution in [3.8, 4) is 0 Å². The first-order valence-electron chi connectivity index (χ1n) is 9.92. The van der Waals surface area contributed by atoms with Crippen molar-refractivity contribution in [3.05, 3.63) is 56.1 Å². The molecule has 34 heavy (non-hydrogen) atoms. The van der Waals surface area contributed by atoms with E-state index in [9.17, 15) is 22.8 Å². The van der Waals surface area contributed by atoms with Crippen LogP contribution in [0.4, 0.5) is 5.82 Å². The van der Waals surface area contributed by atoms with Crippen molar-refractivity contribution in [2.75, 3.05) is 12.3 Å². The van der Waals surface area contributed by atoms with Gasteiger partial charge in [-0.1, -0.05) is 30.3 Å². The lowest BCUT2D eigenvalue weighted by molar-refractivity contribution is -0.155. The van der Waals surface area contributed by atoms with E-state index in [2.05, 4.69) is 4.98 Å². The van der Waals surface area contributed by atoms with Crippen molar-refractivity contribution < 1.29 is 36.4 Å². The second-order valence-corrected chi connectivity index (χ2v) is 10.1. The number of anilines is 1. The summed E-state index contributed by atoms with van der Waals surface area (Å²) in [5, 5.41) is 0. The van der Waals surface area contributed by atoms with Gasteiger partial charge in [0.05, 0.1) is 3.57 Å². The number of rotatable bonds is 8. The van der Waals surface area contributed by atoms with E-state index in [0.717, 1.165) is 18.4 Å². The molecule has 0 saturated carbocycles. The largest absolute Gasteiger partial charge is 0.463 e. The van der Waals surface area contributed by atoms with Gasteiger partial charge in [0, 0.05) is 20.0 Å². The molecular formula is C20H22IN3O9S. The second kappa shape index (κ2) is 10.8. The molecule has 1 aromatic heterocycles. The minimum Gasteiger partial charge on any atom is -0.463 e. The number of carbonyl (C=O) groups excluding carboxylic acids is 2. The van der Waals surface area contributed by atoms with Crippen molar-refractivity contribution in [1.29, 1.82) is 0 Å². The predicted molar refractivity (Wildman–Crippen MR) is 126 cm³/mol. The molecule has 14 heteroatoms. The summed E-state index contributed by atoms with van der Waals surface area (Å²) in [6.45, 7) is 1.86. The number of aromatic nitrogens is 2. The lowest BCUT2D eigenvalue weighted by atomic mass is 10.1. The average molecular weight is 607 g/mol. The molecule has 12 nitrogen and oxygen atoms in total. The van der Waals surface area contributed by atoms with Gasteiger partial charge in [-0.3, -0.25) is 18.3 Å². The number of hydrogen-bond acceptors (Lipinski definition) is 11. The number of halogens is 1. The van der Waals surface area contributed by atoms with Crippen molar-refractivity contribution in [2.45, 2.75) is 44.1 Å². The van der Waals surface area contributed by atoms with Gasteiger partial charge >= 0.3 is 17.6 Å². The first-order chi connectivity index (χ1) is 16.0. The Kier molecular flexibility index (Phi) is 8.27. The van der Waals surface area contributed by atoms with Gasteiger partial charge in [0.2, 0.25) is 0 Å². The van der Waals surface area contributed by atoms with Crippen molar-refractivity contribution in [2.24, 2.45) is 0 Å². The lowest BCUT2D eigenvalue weighted by Gasteiger charge is -2.24. The zero-order valence-electron chi connectivity index (χ0n) is 18.1. The number of benzene rings is 1. The van der Waals surface area contributed by atoms with Gasteiger partial charge in [-0.25, -0.2) is 4.79 Å². The number of esters is 2. The molecule has 1 aliphatic rings. The van der Waals surface area contributed by atoms with Crippen LogP contribution < -0.4 is 11.4 Å². The Hall–Kier alpha value is -2.56. The maximum absolute atomic E-state index is 12.9. The molecule has 4 atom stereocenters. The molecular weight excluding hydrogens is 585 g/mol. The number of nitrogens with two attached hydrogens (primary N) is 1. The SMILES string of the molecule is CC(=O)OC[C@H]1O[C@@H](n2cc(I)c(N)nc2=O)[C@H](OC(C)=O)[C@H]1OS(=O)(=O)Cc1ccccc1. The molecule has 184 valence electrons. The molecule has 0 radical (unpaired) electrons. The van der Waals surface area contributed by atoms with Gasteiger partial charge in [-0.2, -0.15) is 13.4 Å². The molecule has 0 bridgehead atoms. The minimum atomic E-state index is -4.23. The molecule has 0 aliphatic carbocycles. The Labute approximate surface area is 208 Å². The first-order valence-corrected chi connectivity index (χ1v) is 12.6. The third-order valence-electron chi connectivity index (χ3n) is 4.69. The quantitative estimate of drug-likeness (QED) is 0.256. The summed E-state index contributed by atoms with van der Waals surface area (Å²) >= 11 is 1.85. The Balaban J connectivity index is 1.99. The highest BCUT2D eigenvalue weighted by Crippen LogP contribution is 2.35. The molecule has 1 fully saturated rings. The summed E-state index contributed by atoms with van der Waals surface area (Å²) in [6, 6.07) is 8.30. The highest BCUT2D eigenvalue weighted by atomic mass is 127. The molecule has 1 aliphatic heterocycles. The fraction of sp³-hybridized carbons (Fsp3) is 0.400. The van der Waals surface area contributed by atoms with Crippen molar-refractivity contribution in [1.82, 2.24) is 9.55 Å². The van der Waals surface area contributed by atoms with E-state index in [-0.39, 0.29) is 5.82 Å². The standard InChI is InChI=1S/C20H22IN3O9S/c1-11(25)30-9-15-16(33-34(28,29)10-13-6-4-3-5-7-13)17(31-12(2)26)19(32-15)24-8-14(21)18(22)23-20(24)27/h3-8,15-17,19H,9-10H2,1-2H3,(H2,22,23,27)/t15-,16+,17-,19-/m1/s1. The Morgan fingerprint density at radius 1 is 1.18 bits per heavy atom. The summed E-state index contributed by atoms with van der Waals surface area (Å²) in [5.41, 5.74) is 5.32. The van der Waals surface area contributed by atoms with Crippen LogP contribution in [0.3, 0.4) is 0 Å². The maximum atomic E-state index is 12.9. The third-order valence-corrected chi connectivity index (χ3v) is 6.72. The van der Waals surface area contributed by atoms with Gasteiger partial charge in [0.1, 0.15) is 30.4 Å². The van der Waals surface area contributed by atoms with Gasteiger partial charge in [0.25, 0.3) is 10.1 Å². The van der Waals surface area contributed by atoms with Crippen LogP contribution in [-0.4, -0.2) is 54.8 Å². The van der Waals surface area contributed by atoms with E-state index in [0.29, 0.717) is 9.13 Å². The van der Waals surface area contributed by atoms with E-state index in [1.165, 1.54) is 6.20 Å². The molecule has 0 amide bonds. The zero-order chi connectivity index (χ0) is 25.0. The van der Waals surface area contributed by atoms with Crippen LogP contribution in [0.2, 0.25) is 0 Å². The lowest BCUT2D eigenvalue weighted by Crippen LogP contribution is -2.42. The van der Waals surface area contributed by atoms with Crippen LogP contribution in [-0.2, 0) is 43.9 Å². The molecule has 1 aromatic carbocycles. The molecule has 1 saturated heterocycles. The highest BCUT2D eigenvalue weighted by molar-refractivity contribution is 14.1. The number of nitrogens with zero attached hydrogens (tertiary/aromatic N) is 2. The van der Waals surface area contributed by atoms with E-state index >= 15 is 0 Å². The fourth-order valence-electron chi connectivity index (χ4n) is 3.32. The summed E-state index contributed by atoms with van der Waals surface area (Å²) in [6.07, 6.45) is -4.00. The fourth-order valence-corrected chi connectivity index (χ4v) is 4.98. The Morgan fingerprint density at radius 2 is 1.85 bits per heavy atom.